The maximum absolute atomic E-state index is 12.5. The number of aryl methyl sites for hydroxylation is 1. The first-order valence-corrected chi connectivity index (χ1v) is 14.8. The Hall–Kier alpha value is -3.96. The molecule has 3 heterocycles. The average Bonchev–Trinajstić information content (AvgIpc) is 3.43. The van der Waals surface area contributed by atoms with Crippen molar-refractivity contribution in [2.45, 2.75) is 50.6 Å². The van der Waals surface area contributed by atoms with Gasteiger partial charge in [0.2, 0.25) is 12.5 Å². The van der Waals surface area contributed by atoms with Crippen molar-refractivity contribution in [1.29, 1.82) is 0 Å². The Morgan fingerprint density at radius 3 is 2.80 bits per heavy atom. The molecule has 6 rings (SSSR count). The fourth-order valence-electron chi connectivity index (χ4n) is 6.69. The zero-order valence-corrected chi connectivity index (χ0v) is 23.9. The first-order valence-electron chi connectivity index (χ1n) is 14.8. The Kier molecular flexibility index (Phi) is 7.89. The predicted molar refractivity (Wildman–Crippen MR) is 162 cm³/mol. The summed E-state index contributed by atoms with van der Waals surface area (Å²) in [7, 11) is 2.14. The van der Waals surface area contributed by atoms with E-state index in [4.69, 9.17) is 21.3 Å². The minimum absolute atomic E-state index is 0.133. The lowest BCUT2D eigenvalue weighted by molar-refractivity contribution is -0.128. The van der Waals surface area contributed by atoms with Crippen LogP contribution in [0.15, 0.2) is 49.1 Å². The van der Waals surface area contributed by atoms with Crippen LogP contribution in [0, 0.1) is 6.57 Å². The van der Waals surface area contributed by atoms with Crippen LogP contribution in [0.3, 0.4) is 0 Å². The number of fused-ring (bicyclic) bond motifs is 2. The molecule has 2 atom stereocenters. The maximum atomic E-state index is 12.5. The molecule has 0 bridgehead atoms. The zero-order chi connectivity index (χ0) is 28.3. The number of carbonyl (C=O) groups excluding carboxylic acids is 1. The Balaban J connectivity index is 1.38. The average molecular weight is 551 g/mol. The molecule has 0 spiro atoms. The molecular formula is C33H38N6O2. The summed E-state index contributed by atoms with van der Waals surface area (Å²) in [6.07, 6.45) is 8.35. The van der Waals surface area contributed by atoms with Crippen molar-refractivity contribution in [2.24, 2.45) is 0 Å². The number of aromatic nitrogens is 2. The molecule has 41 heavy (non-hydrogen) atoms. The van der Waals surface area contributed by atoms with Gasteiger partial charge in [-0.1, -0.05) is 30.8 Å². The summed E-state index contributed by atoms with van der Waals surface area (Å²) >= 11 is 0. The number of likely N-dealkylation sites (N-methyl/N-ethyl adjacent to an activating group) is 1. The van der Waals surface area contributed by atoms with E-state index >= 15 is 0 Å². The summed E-state index contributed by atoms with van der Waals surface area (Å²) < 4.78 is 6.27. The molecule has 212 valence electrons. The molecule has 8 heteroatoms. The number of piperazine rings is 1. The molecule has 1 aliphatic carbocycles. The summed E-state index contributed by atoms with van der Waals surface area (Å²) in [6, 6.07) is 13.7. The van der Waals surface area contributed by atoms with Crippen molar-refractivity contribution in [3.05, 3.63) is 71.6 Å². The van der Waals surface area contributed by atoms with Gasteiger partial charge in [0.05, 0.1) is 5.52 Å². The second kappa shape index (κ2) is 11.9. The van der Waals surface area contributed by atoms with Gasteiger partial charge in [-0.15, -0.1) is 0 Å². The van der Waals surface area contributed by atoms with Gasteiger partial charge >= 0.3 is 6.01 Å². The number of benzene rings is 2. The number of likely N-dealkylation sites (tertiary alicyclic amines) is 1. The van der Waals surface area contributed by atoms with E-state index in [-0.39, 0.29) is 18.5 Å². The molecule has 8 nitrogen and oxygen atoms in total. The fourth-order valence-corrected chi connectivity index (χ4v) is 6.69. The van der Waals surface area contributed by atoms with Crippen LogP contribution in [-0.4, -0.2) is 84.1 Å². The lowest BCUT2D eigenvalue weighted by atomic mass is 9.86. The van der Waals surface area contributed by atoms with Gasteiger partial charge in [-0.05, 0) is 92.6 Å². The topological polar surface area (TPSA) is 66.2 Å². The number of rotatable bonds is 7. The highest BCUT2D eigenvalue weighted by molar-refractivity contribution is 5.93. The van der Waals surface area contributed by atoms with Gasteiger partial charge < -0.3 is 24.3 Å². The third-order valence-electron chi connectivity index (χ3n) is 8.98. The Morgan fingerprint density at radius 2 is 2.00 bits per heavy atom. The summed E-state index contributed by atoms with van der Waals surface area (Å²) in [5, 5.41) is 0.953. The van der Waals surface area contributed by atoms with Gasteiger partial charge in [0.25, 0.3) is 0 Å². The van der Waals surface area contributed by atoms with Gasteiger partial charge in [0.1, 0.15) is 18.5 Å². The van der Waals surface area contributed by atoms with E-state index in [1.54, 1.807) is 4.90 Å². The molecule has 0 N–H and O–H groups in total. The predicted octanol–water partition coefficient (Wildman–Crippen LogP) is 4.77. The van der Waals surface area contributed by atoms with Crippen LogP contribution in [0.2, 0.25) is 0 Å². The van der Waals surface area contributed by atoms with Crippen molar-refractivity contribution in [3.63, 3.8) is 0 Å². The van der Waals surface area contributed by atoms with Crippen LogP contribution < -0.4 is 9.64 Å². The van der Waals surface area contributed by atoms with Gasteiger partial charge in [0.15, 0.2) is 0 Å². The molecule has 0 saturated carbocycles. The lowest BCUT2D eigenvalue weighted by Gasteiger charge is -2.39. The third-order valence-corrected chi connectivity index (χ3v) is 8.98. The highest BCUT2D eigenvalue weighted by Gasteiger charge is 2.33. The summed E-state index contributed by atoms with van der Waals surface area (Å²) in [5.41, 5.74) is 6.21. The molecule has 2 saturated heterocycles. The minimum Gasteiger partial charge on any atom is -0.462 e. The van der Waals surface area contributed by atoms with Crippen LogP contribution in [0.5, 0.6) is 6.01 Å². The van der Waals surface area contributed by atoms with Crippen LogP contribution >= 0.6 is 0 Å². The van der Waals surface area contributed by atoms with Crippen molar-refractivity contribution in [3.8, 4) is 17.1 Å². The molecule has 3 aliphatic rings. The van der Waals surface area contributed by atoms with Crippen molar-refractivity contribution >= 4 is 22.6 Å². The Bertz CT molecular complexity index is 1500. The molecule has 0 unspecified atom stereocenters. The molecular weight excluding hydrogens is 512 g/mol. The van der Waals surface area contributed by atoms with Crippen molar-refractivity contribution < 1.29 is 9.53 Å². The van der Waals surface area contributed by atoms with E-state index in [1.807, 2.05) is 0 Å². The van der Waals surface area contributed by atoms with Crippen LogP contribution in [0.1, 0.15) is 36.8 Å². The van der Waals surface area contributed by atoms with E-state index in [0.29, 0.717) is 38.3 Å². The first-order chi connectivity index (χ1) is 20.1. The molecule has 1 aromatic heterocycles. The van der Waals surface area contributed by atoms with Crippen LogP contribution in [-0.2, 0) is 17.6 Å². The van der Waals surface area contributed by atoms with Crippen molar-refractivity contribution in [1.82, 2.24) is 19.8 Å². The molecule has 2 fully saturated rings. The second-order valence-corrected chi connectivity index (χ2v) is 11.5. The number of hydrogen-bond donors (Lipinski definition) is 0. The number of hydrogen-bond acceptors (Lipinski definition) is 6. The van der Waals surface area contributed by atoms with Gasteiger partial charge in [-0.3, -0.25) is 4.79 Å². The van der Waals surface area contributed by atoms with Crippen LogP contribution in [0.25, 0.3) is 26.9 Å². The van der Waals surface area contributed by atoms with E-state index in [9.17, 15) is 4.79 Å². The fraction of sp³-hybridized carbons (Fsp3) is 0.455. The van der Waals surface area contributed by atoms with Crippen LogP contribution in [0.4, 0.5) is 5.82 Å². The van der Waals surface area contributed by atoms with Gasteiger partial charge in [0, 0.05) is 31.1 Å². The second-order valence-electron chi connectivity index (χ2n) is 11.5. The first kappa shape index (κ1) is 27.2. The number of anilines is 1. The van der Waals surface area contributed by atoms with Gasteiger partial charge in [-0.25, -0.2) is 6.57 Å². The monoisotopic (exact) mass is 550 g/mol. The highest BCUT2D eigenvalue weighted by atomic mass is 16.5. The smallest absolute Gasteiger partial charge is 0.319 e. The molecule has 2 aromatic carbocycles. The summed E-state index contributed by atoms with van der Waals surface area (Å²) in [6.45, 7) is 14.6. The molecule has 0 radical (unpaired) electrons. The minimum atomic E-state index is -0.233. The van der Waals surface area contributed by atoms with E-state index in [0.717, 1.165) is 48.1 Å². The Labute approximate surface area is 242 Å². The third kappa shape index (κ3) is 5.51. The Morgan fingerprint density at radius 1 is 1.12 bits per heavy atom. The quantitative estimate of drug-likeness (QED) is 0.312. The molecule has 1 amide bonds. The van der Waals surface area contributed by atoms with Crippen molar-refractivity contribution in [2.75, 3.05) is 51.3 Å². The van der Waals surface area contributed by atoms with Gasteiger partial charge in [-0.2, -0.15) is 9.97 Å². The number of ether oxygens (including phenoxy) is 1. The zero-order valence-electron chi connectivity index (χ0n) is 23.9. The number of amides is 1. The summed E-state index contributed by atoms with van der Waals surface area (Å²) in [5.74, 6) is 0.665. The lowest BCUT2D eigenvalue weighted by Crippen LogP contribution is -2.56. The van der Waals surface area contributed by atoms with E-state index in [1.165, 1.54) is 42.0 Å². The number of carbonyl (C=O) groups is 1. The summed E-state index contributed by atoms with van der Waals surface area (Å²) in [4.78, 5) is 32.3. The van der Waals surface area contributed by atoms with E-state index in [2.05, 4.69) is 64.7 Å². The maximum Gasteiger partial charge on any atom is 0.319 e. The molecule has 3 aromatic rings. The van der Waals surface area contributed by atoms with E-state index < -0.39 is 0 Å². The molecule has 2 aliphatic heterocycles. The number of nitrogens with zero attached hydrogens (tertiary/aromatic N) is 6. The standard InChI is InChI=1S/C33H38N6O2/c1-4-31(40)39-18-17-38(21-26(39)20-34-2)32-29-15-14-24(28-13-7-10-23-9-5-6-12-27(23)28)19-30(29)35-33(36-32)41-22-25-11-8-16-37(25)3/h4,7,10,13-15,19,25-26H,1,5-6,8-9,11-12,16-18,20-22H2,3H3/t25-,26-/m0/s1. The SMILES string of the molecule is [C-]#[N+]C[C@H]1CN(c2nc(OC[C@@H]3CCCN3C)nc3cc(-c4cccc5c4CCCC5)ccc23)CCN1C(=O)C=C. The largest absolute Gasteiger partial charge is 0.462 e. The normalized spacial score (nSPS) is 21.0. The highest BCUT2D eigenvalue weighted by Crippen LogP contribution is 2.35.